The number of nitrogens with one attached hydrogen (secondary N) is 1. The second-order valence-corrected chi connectivity index (χ2v) is 13.0. The van der Waals surface area contributed by atoms with Crippen LogP contribution in [0.15, 0.2) is 47.4 Å². The largest absolute Gasteiger partial charge is 0.495 e. The predicted octanol–water partition coefficient (Wildman–Crippen LogP) is 3.76. The second kappa shape index (κ2) is 14.0. The van der Waals surface area contributed by atoms with Crippen LogP contribution in [0.1, 0.15) is 45.6 Å². The first-order valence-corrected chi connectivity index (χ1v) is 15.6. The summed E-state index contributed by atoms with van der Waals surface area (Å²) in [6.07, 6.45) is 4.26. The zero-order valence-electron chi connectivity index (χ0n) is 24.3. The average molecular weight is 621 g/mol. The molecule has 0 bridgehead atoms. The van der Waals surface area contributed by atoms with Crippen LogP contribution in [0.4, 0.5) is 4.39 Å². The van der Waals surface area contributed by atoms with Gasteiger partial charge in [-0.25, -0.2) is 8.60 Å². The molecule has 4 atom stereocenters. The van der Waals surface area contributed by atoms with Gasteiger partial charge < -0.3 is 19.9 Å². The van der Waals surface area contributed by atoms with Crippen molar-refractivity contribution in [2.45, 2.75) is 75.6 Å². The van der Waals surface area contributed by atoms with Crippen molar-refractivity contribution < 1.29 is 27.7 Å². The maximum absolute atomic E-state index is 14.2. The van der Waals surface area contributed by atoms with Crippen molar-refractivity contribution in [1.82, 2.24) is 19.4 Å². The molecular weight excluding hydrogens is 583 g/mol. The molecule has 1 N–H and O–H groups in total. The van der Waals surface area contributed by atoms with Gasteiger partial charge in [0.05, 0.1) is 18.6 Å². The minimum absolute atomic E-state index is 0.0869. The molecule has 42 heavy (non-hydrogen) atoms. The molecule has 3 fully saturated rings. The quantitative estimate of drug-likeness (QED) is 0.453. The van der Waals surface area contributed by atoms with E-state index in [-0.39, 0.29) is 42.1 Å². The Bertz CT molecular complexity index is 1310. The van der Waals surface area contributed by atoms with Crippen LogP contribution in [0, 0.1) is 11.7 Å². The van der Waals surface area contributed by atoms with E-state index in [2.05, 4.69) is 12.2 Å². The number of nitrogens with zero attached hydrogens (tertiary/aromatic N) is 3. The predicted molar refractivity (Wildman–Crippen MR) is 158 cm³/mol. The molecule has 3 amide bonds. The number of carbonyl (C=O) groups excluding carboxylic acids is 3. The summed E-state index contributed by atoms with van der Waals surface area (Å²) in [4.78, 5) is 41.7. The van der Waals surface area contributed by atoms with Crippen LogP contribution in [0.2, 0.25) is 5.02 Å². The van der Waals surface area contributed by atoms with Gasteiger partial charge in [0.1, 0.15) is 40.8 Å². The van der Waals surface area contributed by atoms with Crippen LogP contribution < -0.4 is 10.1 Å². The molecule has 228 valence electrons. The fourth-order valence-corrected chi connectivity index (χ4v) is 6.96. The lowest BCUT2D eigenvalue weighted by Crippen LogP contribution is -2.75. The van der Waals surface area contributed by atoms with E-state index in [1.807, 2.05) is 13.8 Å². The number of ether oxygens (including phenoxy) is 1. The monoisotopic (exact) mass is 620 g/mol. The van der Waals surface area contributed by atoms with E-state index in [1.54, 1.807) is 29.2 Å². The third-order valence-electron chi connectivity index (χ3n) is 7.99. The van der Waals surface area contributed by atoms with Gasteiger partial charge in [-0.2, -0.15) is 4.31 Å². The van der Waals surface area contributed by atoms with E-state index < -0.39 is 41.0 Å². The molecule has 2 saturated heterocycles. The smallest absolute Gasteiger partial charge is 0.248 e. The molecule has 0 aromatic heterocycles. The Labute approximate surface area is 253 Å². The van der Waals surface area contributed by atoms with Gasteiger partial charge in [0.25, 0.3) is 0 Å². The maximum atomic E-state index is 14.2. The summed E-state index contributed by atoms with van der Waals surface area (Å²) >= 11 is 6.03. The summed E-state index contributed by atoms with van der Waals surface area (Å²) in [5.74, 6) is -0.0223. The van der Waals surface area contributed by atoms with Gasteiger partial charge in [0.15, 0.2) is 0 Å². The highest BCUT2D eigenvalue weighted by molar-refractivity contribution is 7.82. The molecule has 2 heterocycles. The van der Waals surface area contributed by atoms with Crippen LogP contribution in [-0.4, -0.2) is 81.0 Å². The lowest BCUT2D eigenvalue weighted by molar-refractivity contribution is -0.168. The number of piperazine rings is 1. The zero-order valence-corrected chi connectivity index (χ0v) is 25.9. The number of methoxy groups -OCH3 is 1. The maximum Gasteiger partial charge on any atom is 0.248 e. The molecule has 12 heteroatoms. The number of hydrogen-bond donors (Lipinski definition) is 1. The highest BCUT2D eigenvalue weighted by atomic mass is 35.5. The Morgan fingerprint density at radius 1 is 1.12 bits per heavy atom. The van der Waals surface area contributed by atoms with Gasteiger partial charge >= 0.3 is 0 Å². The van der Waals surface area contributed by atoms with Gasteiger partial charge in [-0.05, 0) is 55.7 Å². The lowest BCUT2D eigenvalue weighted by Gasteiger charge is -2.54. The van der Waals surface area contributed by atoms with Crippen molar-refractivity contribution in [2.24, 2.45) is 5.92 Å². The Balaban J connectivity index is 0.000000732. The van der Waals surface area contributed by atoms with Crippen molar-refractivity contribution in [2.75, 3.05) is 20.2 Å². The van der Waals surface area contributed by atoms with Crippen LogP contribution in [0.3, 0.4) is 0 Å². The normalized spacial score (nSPS) is 23.5. The summed E-state index contributed by atoms with van der Waals surface area (Å²) < 4.78 is 34.9. The van der Waals surface area contributed by atoms with E-state index >= 15 is 0 Å². The molecule has 1 aliphatic carbocycles. The number of hydrogen-bond acceptors (Lipinski definition) is 5. The van der Waals surface area contributed by atoms with Crippen molar-refractivity contribution in [1.29, 1.82) is 0 Å². The van der Waals surface area contributed by atoms with Gasteiger partial charge in [0, 0.05) is 24.0 Å². The molecule has 2 aromatic carbocycles. The Hall–Kier alpha value is -3.02. The van der Waals surface area contributed by atoms with E-state index in [4.69, 9.17) is 16.3 Å². The van der Waals surface area contributed by atoms with Crippen LogP contribution >= 0.6 is 11.6 Å². The molecule has 3 aliphatic rings. The first kappa shape index (κ1) is 31.9. The van der Waals surface area contributed by atoms with Gasteiger partial charge in [-0.3, -0.25) is 14.4 Å². The molecule has 0 radical (unpaired) electrons. The van der Waals surface area contributed by atoms with Crippen molar-refractivity contribution >= 4 is 40.8 Å². The third-order valence-corrected chi connectivity index (χ3v) is 9.75. The molecular formula is C30H38ClFN4O5S. The summed E-state index contributed by atoms with van der Waals surface area (Å²) in [5, 5.41) is 3.03. The summed E-state index contributed by atoms with van der Waals surface area (Å²) in [6.45, 7) is 6.04. The van der Waals surface area contributed by atoms with Crippen molar-refractivity contribution in [3.63, 3.8) is 0 Å². The second-order valence-electron chi connectivity index (χ2n) is 11.2. The molecule has 5 rings (SSSR count). The first-order chi connectivity index (χ1) is 20.0. The summed E-state index contributed by atoms with van der Waals surface area (Å²) in [6, 6.07) is 8.50. The minimum atomic E-state index is -1.99. The van der Waals surface area contributed by atoms with Gasteiger partial charge in [-0.15, -0.1) is 0 Å². The highest BCUT2D eigenvalue weighted by Gasteiger charge is 2.52. The fraction of sp³-hybridized carbons (Fsp3) is 0.500. The number of halogens is 2. The number of carbonyl (C=O) groups is 3. The molecule has 9 nitrogen and oxygen atoms in total. The van der Waals surface area contributed by atoms with E-state index in [1.165, 1.54) is 47.7 Å². The number of amides is 3. The standard InChI is InChI=1S/C25H28ClFN4O5S.C5H10/c1-15(2)29-13-23-30(37(35)22-11-18(27)8-9-21(22)36-3)12-19(28-14-32)24(33)31(23)20(25(29)34)10-16-4-6-17(26)7-5-16;1-5-3-2-4-5/h4-9,11,14-15,19-20,23H,10,12-13H2,1-3H3,(H,28,32);5H,2-4H2,1H3. The number of rotatable bonds is 8. The summed E-state index contributed by atoms with van der Waals surface area (Å²) in [7, 11) is -0.602. The number of benzene rings is 2. The van der Waals surface area contributed by atoms with E-state index in [9.17, 15) is 23.0 Å². The van der Waals surface area contributed by atoms with Gasteiger partial charge in [0.2, 0.25) is 18.2 Å². The fourth-order valence-electron chi connectivity index (χ4n) is 5.37. The molecule has 0 spiro atoms. The summed E-state index contributed by atoms with van der Waals surface area (Å²) in [5.41, 5.74) is 0.782. The van der Waals surface area contributed by atoms with Crippen LogP contribution in [-0.2, 0) is 31.8 Å². The number of fused-ring (bicyclic) bond motifs is 1. The van der Waals surface area contributed by atoms with Gasteiger partial charge in [-0.1, -0.05) is 49.9 Å². The topological polar surface area (TPSA) is 99.3 Å². The third kappa shape index (κ3) is 6.95. The Morgan fingerprint density at radius 2 is 1.79 bits per heavy atom. The Kier molecular flexibility index (Phi) is 10.6. The van der Waals surface area contributed by atoms with Crippen molar-refractivity contribution in [3.05, 3.63) is 58.9 Å². The molecule has 2 aromatic rings. The first-order valence-electron chi connectivity index (χ1n) is 14.1. The molecule has 2 aliphatic heterocycles. The molecule has 4 unspecified atom stereocenters. The molecule has 1 saturated carbocycles. The van der Waals surface area contributed by atoms with Crippen molar-refractivity contribution in [3.8, 4) is 5.75 Å². The van der Waals surface area contributed by atoms with E-state index in [0.717, 1.165) is 17.5 Å². The highest BCUT2D eigenvalue weighted by Crippen LogP contribution is 2.33. The van der Waals surface area contributed by atoms with E-state index in [0.29, 0.717) is 11.4 Å². The SMILES string of the molecule is CC1CCC1.COc1ccc(F)cc1S(=O)N1CC(NC=O)C(=O)N2C(Cc3ccc(Cl)cc3)C(=O)N(C(C)C)CC21. The van der Waals surface area contributed by atoms with Crippen LogP contribution in [0.25, 0.3) is 0 Å². The lowest BCUT2D eigenvalue weighted by atomic mass is 9.88. The Morgan fingerprint density at radius 3 is 2.33 bits per heavy atom. The minimum Gasteiger partial charge on any atom is -0.495 e. The zero-order chi connectivity index (χ0) is 30.6. The van der Waals surface area contributed by atoms with Crippen LogP contribution in [0.5, 0.6) is 5.75 Å². The average Bonchev–Trinajstić information content (AvgIpc) is 2.95.